The molecule has 1 saturated heterocycles. The zero-order valence-electron chi connectivity index (χ0n) is 13.9. The monoisotopic (exact) mass is 316 g/mol. The molecule has 0 aliphatic carbocycles. The summed E-state index contributed by atoms with van der Waals surface area (Å²) in [6, 6.07) is 4.26. The van der Waals surface area contributed by atoms with Crippen molar-refractivity contribution in [1.82, 2.24) is 9.97 Å². The van der Waals surface area contributed by atoms with E-state index < -0.39 is 0 Å². The van der Waals surface area contributed by atoms with E-state index in [4.69, 9.17) is 4.42 Å². The molecule has 2 atom stereocenters. The molecule has 0 unspecified atom stereocenters. The van der Waals surface area contributed by atoms with E-state index in [0.29, 0.717) is 0 Å². The smallest absolute Gasteiger partial charge is 0.134 e. The lowest BCUT2D eigenvalue weighted by Crippen LogP contribution is -2.32. The number of hydrogen-bond acceptors (Lipinski definition) is 6. The Morgan fingerprint density at radius 3 is 2.91 bits per heavy atom. The third-order valence-corrected chi connectivity index (χ3v) is 4.45. The second-order valence-electron chi connectivity index (χ2n) is 6.17. The fourth-order valence-corrected chi connectivity index (χ4v) is 3.29. The molecule has 0 aromatic carbocycles. The highest BCUT2D eigenvalue weighted by Gasteiger charge is 2.25. The third-order valence-electron chi connectivity index (χ3n) is 4.45. The van der Waals surface area contributed by atoms with Gasteiger partial charge in [0.05, 0.1) is 18.7 Å². The summed E-state index contributed by atoms with van der Waals surface area (Å²) >= 11 is 0. The second kappa shape index (κ2) is 6.58. The molecule has 2 aromatic heterocycles. The van der Waals surface area contributed by atoms with Crippen LogP contribution in [0.4, 0.5) is 11.6 Å². The van der Waals surface area contributed by atoms with E-state index in [0.717, 1.165) is 48.1 Å². The van der Waals surface area contributed by atoms with Crippen molar-refractivity contribution in [3.05, 3.63) is 35.5 Å². The molecule has 3 heterocycles. The molecule has 3 rings (SSSR count). The largest absolute Gasteiger partial charge is 0.466 e. The topological polar surface area (TPSA) is 74.4 Å². The molecule has 124 valence electrons. The molecule has 23 heavy (non-hydrogen) atoms. The molecule has 1 aliphatic rings. The van der Waals surface area contributed by atoms with Crippen molar-refractivity contribution in [3.8, 4) is 0 Å². The standard InChI is InChI=1S/C17H24N4O2/c1-11-7-15(13(3)23-11)12(2)20-16-8-17(19-10-18-16)21-6-4-5-14(21)9-22/h7-8,10,12,14,22H,4-6,9H2,1-3H3,(H,18,19,20)/t12-,14-/m0/s1. The number of anilines is 2. The van der Waals surface area contributed by atoms with E-state index in [1.165, 1.54) is 0 Å². The van der Waals surface area contributed by atoms with E-state index in [1.54, 1.807) is 6.33 Å². The molecular formula is C17H24N4O2. The van der Waals surface area contributed by atoms with Gasteiger partial charge in [0.25, 0.3) is 0 Å². The normalized spacial score (nSPS) is 19.1. The Balaban J connectivity index is 1.76. The van der Waals surface area contributed by atoms with E-state index >= 15 is 0 Å². The Hall–Kier alpha value is -2.08. The first kappa shape index (κ1) is 15.8. The molecule has 6 nitrogen and oxygen atoms in total. The molecule has 2 N–H and O–H groups in total. The highest BCUT2D eigenvalue weighted by molar-refractivity contribution is 5.51. The molecule has 0 radical (unpaired) electrons. The van der Waals surface area contributed by atoms with Crippen molar-refractivity contribution in [2.45, 2.75) is 45.7 Å². The number of hydrogen-bond donors (Lipinski definition) is 2. The summed E-state index contributed by atoms with van der Waals surface area (Å²) < 4.78 is 5.60. The summed E-state index contributed by atoms with van der Waals surface area (Å²) in [6.45, 7) is 7.11. The van der Waals surface area contributed by atoms with E-state index in [1.807, 2.05) is 19.9 Å². The number of aliphatic hydroxyl groups is 1. The summed E-state index contributed by atoms with van der Waals surface area (Å²) in [4.78, 5) is 10.8. The quantitative estimate of drug-likeness (QED) is 0.883. The Bertz CT molecular complexity index is 670. The molecular weight excluding hydrogens is 292 g/mol. The molecule has 0 bridgehead atoms. The van der Waals surface area contributed by atoms with Crippen LogP contribution in [0, 0.1) is 13.8 Å². The number of aryl methyl sites for hydroxylation is 2. The van der Waals surface area contributed by atoms with Crippen molar-refractivity contribution in [2.24, 2.45) is 0 Å². The summed E-state index contributed by atoms with van der Waals surface area (Å²) in [5.74, 6) is 3.49. The van der Waals surface area contributed by atoms with Crippen LogP contribution in [-0.4, -0.2) is 34.3 Å². The average molecular weight is 316 g/mol. The lowest BCUT2D eigenvalue weighted by atomic mass is 10.1. The van der Waals surface area contributed by atoms with Gasteiger partial charge in [-0.15, -0.1) is 0 Å². The van der Waals surface area contributed by atoms with Gasteiger partial charge < -0.3 is 19.7 Å². The zero-order valence-corrected chi connectivity index (χ0v) is 13.9. The highest BCUT2D eigenvalue weighted by Crippen LogP contribution is 2.27. The molecule has 1 fully saturated rings. The van der Waals surface area contributed by atoms with Gasteiger partial charge in [-0.05, 0) is 39.7 Å². The van der Waals surface area contributed by atoms with Crippen molar-refractivity contribution in [2.75, 3.05) is 23.4 Å². The maximum Gasteiger partial charge on any atom is 0.134 e. The Morgan fingerprint density at radius 1 is 1.39 bits per heavy atom. The van der Waals surface area contributed by atoms with Gasteiger partial charge in [0.1, 0.15) is 29.5 Å². The number of nitrogens with one attached hydrogen (secondary N) is 1. The summed E-state index contributed by atoms with van der Waals surface area (Å²) in [7, 11) is 0. The van der Waals surface area contributed by atoms with Crippen molar-refractivity contribution in [1.29, 1.82) is 0 Å². The van der Waals surface area contributed by atoms with E-state index in [2.05, 4.69) is 33.2 Å². The lowest BCUT2D eigenvalue weighted by Gasteiger charge is -2.24. The van der Waals surface area contributed by atoms with Crippen LogP contribution in [0.15, 0.2) is 22.9 Å². The van der Waals surface area contributed by atoms with Crippen LogP contribution >= 0.6 is 0 Å². The second-order valence-corrected chi connectivity index (χ2v) is 6.17. The maximum absolute atomic E-state index is 9.48. The number of nitrogens with zero attached hydrogens (tertiary/aromatic N) is 3. The minimum atomic E-state index is 0.0995. The molecule has 2 aromatic rings. The fourth-order valence-electron chi connectivity index (χ4n) is 3.29. The number of furan rings is 1. The average Bonchev–Trinajstić information content (AvgIpc) is 3.13. The lowest BCUT2D eigenvalue weighted by molar-refractivity contribution is 0.266. The number of aliphatic hydroxyl groups excluding tert-OH is 1. The van der Waals surface area contributed by atoms with Crippen LogP contribution < -0.4 is 10.2 Å². The minimum Gasteiger partial charge on any atom is -0.466 e. The maximum atomic E-state index is 9.48. The van der Waals surface area contributed by atoms with Gasteiger partial charge in [0.2, 0.25) is 0 Å². The van der Waals surface area contributed by atoms with Crippen molar-refractivity contribution in [3.63, 3.8) is 0 Å². The predicted molar refractivity (Wildman–Crippen MR) is 89.7 cm³/mol. The summed E-state index contributed by atoms with van der Waals surface area (Å²) in [5, 5.41) is 12.9. The van der Waals surface area contributed by atoms with Gasteiger partial charge in [0, 0.05) is 18.2 Å². The highest BCUT2D eigenvalue weighted by atomic mass is 16.3. The van der Waals surface area contributed by atoms with Crippen LogP contribution in [-0.2, 0) is 0 Å². The van der Waals surface area contributed by atoms with Crippen LogP contribution in [0.25, 0.3) is 0 Å². The Labute approximate surface area is 136 Å². The first-order valence-corrected chi connectivity index (χ1v) is 8.11. The molecule has 0 spiro atoms. The molecule has 1 aliphatic heterocycles. The Morgan fingerprint density at radius 2 is 2.22 bits per heavy atom. The molecule has 0 saturated carbocycles. The fraction of sp³-hybridized carbons (Fsp3) is 0.529. The van der Waals surface area contributed by atoms with Gasteiger partial charge in [0.15, 0.2) is 0 Å². The SMILES string of the molecule is Cc1cc([C@H](C)Nc2cc(N3CCC[C@H]3CO)ncn2)c(C)o1. The van der Waals surface area contributed by atoms with E-state index in [9.17, 15) is 5.11 Å². The molecule has 6 heteroatoms. The van der Waals surface area contributed by atoms with Crippen LogP contribution in [0.3, 0.4) is 0 Å². The molecule has 0 amide bonds. The Kier molecular flexibility index (Phi) is 4.52. The summed E-state index contributed by atoms with van der Waals surface area (Å²) in [6.07, 6.45) is 3.67. The van der Waals surface area contributed by atoms with E-state index in [-0.39, 0.29) is 18.7 Å². The minimum absolute atomic E-state index is 0.0995. The first-order chi connectivity index (χ1) is 11.1. The van der Waals surface area contributed by atoms with Crippen LogP contribution in [0.1, 0.15) is 42.9 Å². The van der Waals surface area contributed by atoms with Gasteiger partial charge >= 0.3 is 0 Å². The van der Waals surface area contributed by atoms with Crippen LogP contribution in [0.5, 0.6) is 0 Å². The van der Waals surface area contributed by atoms with Crippen molar-refractivity contribution < 1.29 is 9.52 Å². The van der Waals surface area contributed by atoms with Gasteiger partial charge in [-0.1, -0.05) is 0 Å². The number of aromatic nitrogens is 2. The first-order valence-electron chi connectivity index (χ1n) is 8.11. The number of rotatable bonds is 5. The van der Waals surface area contributed by atoms with Crippen molar-refractivity contribution >= 4 is 11.6 Å². The van der Waals surface area contributed by atoms with Gasteiger partial charge in [-0.25, -0.2) is 9.97 Å². The predicted octanol–water partition coefficient (Wildman–Crippen LogP) is 2.82. The van der Waals surface area contributed by atoms with Gasteiger partial charge in [-0.3, -0.25) is 0 Å². The zero-order chi connectivity index (χ0) is 16.4. The summed E-state index contributed by atoms with van der Waals surface area (Å²) in [5.41, 5.74) is 1.14. The van der Waals surface area contributed by atoms with Gasteiger partial charge in [-0.2, -0.15) is 0 Å². The third kappa shape index (κ3) is 3.32. The van der Waals surface area contributed by atoms with Crippen LogP contribution in [0.2, 0.25) is 0 Å².